The maximum Gasteiger partial charge on any atom is 0.410 e. The van der Waals surface area contributed by atoms with E-state index in [0.29, 0.717) is 12.0 Å². The van der Waals surface area contributed by atoms with Gasteiger partial charge in [-0.25, -0.2) is 4.79 Å². The predicted molar refractivity (Wildman–Crippen MR) is 79.9 cm³/mol. The van der Waals surface area contributed by atoms with Crippen LogP contribution in [0.2, 0.25) is 0 Å². The van der Waals surface area contributed by atoms with E-state index in [0.717, 1.165) is 39.1 Å². The van der Waals surface area contributed by atoms with Crippen LogP contribution in [0.15, 0.2) is 0 Å². The van der Waals surface area contributed by atoms with Crippen molar-refractivity contribution < 1.29 is 14.3 Å². The van der Waals surface area contributed by atoms with Crippen molar-refractivity contribution in [2.75, 3.05) is 33.4 Å². The normalized spacial score (nSPS) is 21.1. The molecule has 1 aliphatic heterocycles. The Morgan fingerprint density at radius 2 is 2.15 bits per heavy atom. The van der Waals surface area contributed by atoms with Crippen molar-refractivity contribution in [3.63, 3.8) is 0 Å². The molecule has 0 aliphatic carbocycles. The van der Waals surface area contributed by atoms with Gasteiger partial charge in [0.2, 0.25) is 0 Å². The van der Waals surface area contributed by atoms with Crippen LogP contribution in [0.25, 0.3) is 0 Å². The zero-order valence-corrected chi connectivity index (χ0v) is 13.6. The van der Waals surface area contributed by atoms with Gasteiger partial charge >= 0.3 is 6.09 Å². The van der Waals surface area contributed by atoms with Crippen molar-refractivity contribution in [2.24, 2.45) is 5.92 Å². The monoisotopic (exact) mass is 286 g/mol. The highest BCUT2D eigenvalue weighted by Crippen LogP contribution is 2.19. The fourth-order valence-corrected chi connectivity index (χ4v) is 2.26. The molecule has 5 nitrogen and oxygen atoms in total. The minimum absolute atomic E-state index is 0.188. The van der Waals surface area contributed by atoms with Gasteiger partial charge in [-0.1, -0.05) is 0 Å². The maximum atomic E-state index is 12.0. The van der Waals surface area contributed by atoms with E-state index in [1.807, 2.05) is 25.7 Å². The molecule has 0 spiro atoms. The van der Waals surface area contributed by atoms with E-state index in [1.54, 1.807) is 7.11 Å². The second-order valence-electron chi connectivity index (χ2n) is 6.67. The molecule has 1 N–H and O–H groups in total. The number of hydrogen-bond acceptors (Lipinski definition) is 4. The van der Waals surface area contributed by atoms with Gasteiger partial charge in [0.1, 0.15) is 5.60 Å². The van der Waals surface area contributed by atoms with Gasteiger partial charge in [-0.05, 0) is 53.0 Å². The molecule has 1 amide bonds. The van der Waals surface area contributed by atoms with Gasteiger partial charge in [0, 0.05) is 32.8 Å². The van der Waals surface area contributed by atoms with Crippen molar-refractivity contribution in [1.82, 2.24) is 10.2 Å². The Morgan fingerprint density at radius 3 is 2.75 bits per heavy atom. The summed E-state index contributed by atoms with van der Waals surface area (Å²) in [4.78, 5) is 13.8. The highest BCUT2D eigenvalue weighted by atomic mass is 16.6. The molecule has 0 aromatic heterocycles. The van der Waals surface area contributed by atoms with Gasteiger partial charge in [0.25, 0.3) is 0 Å². The van der Waals surface area contributed by atoms with Gasteiger partial charge in [-0.15, -0.1) is 0 Å². The highest BCUT2D eigenvalue weighted by molar-refractivity contribution is 5.68. The number of carbonyl (C=O) groups is 1. The van der Waals surface area contributed by atoms with E-state index in [-0.39, 0.29) is 6.09 Å². The molecule has 5 heteroatoms. The summed E-state index contributed by atoms with van der Waals surface area (Å²) in [6.45, 7) is 11.2. The second kappa shape index (κ2) is 7.84. The number of methoxy groups -OCH3 is 1. The van der Waals surface area contributed by atoms with E-state index in [9.17, 15) is 4.79 Å². The summed E-state index contributed by atoms with van der Waals surface area (Å²) in [5.41, 5.74) is -0.415. The molecular formula is C15H30N2O3. The molecule has 1 saturated heterocycles. The molecule has 1 fully saturated rings. The van der Waals surface area contributed by atoms with Crippen LogP contribution in [-0.2, 0) is 9.47 Å². The molecule has 0 aromatic rings. The van der Waals surface area contributed by atoms with Crippen LogP contribution < -0.4 is 5.32 Å². The summed E-state index contributed by atoms with van der Waals surface area (Å²) in [6, 6.07) is 0.450. The third-order valence-corrected chi connectivity index (χ3v) is 3.45. The lowest BCUT2D eigenvalue weighted by Gasteiger charge is -2.24. The quantitative estimate of drug-likeness (QED) is 0.813. The summed E-state index contributed by atoms with van der Waals surface area (Å²) in [7, 11) is 1.72. The highest BCUT2D eigenvalue weighted by Gasteiger charge is 2.29. The zero-order chi connectivity index (χ0) is 15.2. The average Bonchev–Trinajstić information content (AvgIpc) is 2.80. The van der Waals surface area contributed by atoms with E-state index in [4.69, 9.17) is 9.47 Å². The van der Waals surface area contributed by atoms with Crippen LogP contribution in [0, 0.1) is 5.92 Å². The molecule has 0 saturated carbocycles. The van der Waals surface area contributed by atoms with E-state index >= 15 is 0 Å². The van der Waals surface area contributed by atoms with Crippen molar-refractivity contribution in [3.05, 3.63) is 0 Å². The van der Waals surface area contributed by atoms with Gasteiger partial charge < -0.3 is 19.7 Å². The number of nitrogens with zero attached hydrogens (tertiary/aromatic N) is 1. The van der Waals surface area contributed by atoms with Crippen LogP contribution in [-0.4, -0.2) is 56.0 Å². The molecule has 2 atom stereocenters. The van der Waals surface area contributed by atoms with Crippen LogP contribution in [0.4, 0.5) is 4.79 Å². The van der Waals surface area contributed by atoms with E-state index in [1.165, 1.54) is 0 Å². The Bertz CT molecular complexity index is 302. The summed E-state index contributed by atoms with van der Waals surface area (Å²) in [5.74, 6) is 0.521. The van der Waals surface area contributed by atoms with Crippen LogP contribution in [0.1, 0.15) is 40.5 Å². The Balaban J connectivity index is 2.24. The van der Waals surface area contributed by atoms with Gasteiger partial charge in [-0.3, -0.25) is 0 Å². The summed E-state index contributed by atoms with van der Waals surface area (Å²) in [5, 5.41) is 3.51. The number of amides is 1. The van der Waals surface area contributed by atoms with Crippen molar-refractivity contribution in [2.45, 2.75) is 52.2 Å². The first-order valence-electron chi connectivity index (χ1n) is 7.52. The first-order valence-corrected chi connectivity index (χ1v) is 7.52. The molecule has 20 heavy (non-hydrogen) atoms. The van der Waals surface area contributed by atoms with Crippen molar-refractivity contribution in [1.29, 1.82) is 0 Å². The molecule has 0 radical (unpaired) electrons. The van der Waals surface area contributed by atoms with Crippen molar-refractivity contribution >= 4 is 6.09 Å². The largest absolute Gasteiger partial charge is 0.444 e. The number of likely N-dealkylation sites (tertiary alicyclic amines) is 1. The number of ether oxygens (including phenoxy) is 2. The van der Waals surface area contributed by atoms with Crippen LogP contribution in [0.3, 0.4) is 0 Å². The summed E-state index contributed by atoms with van der Waals surface area (Å²) in [6.07, 6.45) is 1.87. The van der Waals surface area contributed by atoms with E-state index < -0.39 is 5.60 Å². The fourth-order valence-electron chi connectivity index (χ4n) is 2.26. The summed E-state index contributed by atoms with van der Waals surface area (Å²) < 4.78 is 10.5. The predicted octanol–water partition coefficient (Wildman–Crippen LogP) is 2.26. The molecule has 2 unspecified atom stereocenters. The van der Waals surface area contributed by atoms with Gasteiger partial charge in [-0.2, -0.15) is 0 Å². The third kappa shape index (κ3) is 6.57. The minimum Gasteiger partial charge on any atom is -0.444 e. The topological polar surface area (TPSA) is 50.8 Å². The Kier molecular flexibility index (Phi) is 6.76. The molecule has 1 aliphatic rings. The lowest BCUT2D eigenvalue weighted by atomic mass is 10.1. The molecule has 1 heterocycles. The SMILES string of the molecule is COCCC(C)NCC1CCN(C(=O)OC(C)(C)C)C1. The average molecular weight is 286 g/mol. The Morgan fingerprint density at radius 1 is 1.45 bits per heavy atom. The molecule has 0 bridgehead atoms. The minimum atomic E-state index is -0.415. The van der Waals surface area contributed by atoms with Crippen LogP contribution in [0.5, 0.6) is 0 Å². The zero-order valence-electron chi connectivity index (χ0n) is 13.6. The lowest BCUT2D eigenvalue weighted by molar-refractivity contribution is 0.0288. The Hall–Kier alpha value is -0.810. The number of rotatable bonds is 6. The van der Waals surface area contributed by atoms with Crippen LogP contribution >= 0.6 is 0 Å². The van der Waals surface area contributed by atoms with Crippen molar-refractivity contribution in [3.8, 4) is 0 Å². The number of carbonyl (C=O) groups excluding carboxylic acids is 1. The second-order valence-corrected chi connectivity index (χ2v) is 6.67. The van der Waals surface area contributed by atoms with E-state index in [2.05, 4.69) is 12.2 Å². The lowest BCUT2D eigenvalue weighted by Crippen LogP contribution is -2.37. The third-order valence-electron chi connectivity index (χ3n) is 3.45. The first kappa shape index (κ1) is 17.2. The molecule has 0 aromatic carbocycles. The Labute approximate surface area is 123 Å². The number of hydrogen-bond donors (Lipinski definition) is 1. The first-order chi connectivity index (χ1) is 9.31. The molecular weight excluding hydrogens is 256 g/mol. The standard InChI is InChI=1S/C15H30N2O3/c1-12(7-9-19-5)16-10-13-6-8-17(11-13)14(18)20-15(2,3)4/h12-13,16H,6-11H2,1-5H3. The molecule has 1 rings (SSSR count). The smallest absolute Gasteiger partial charge is 0.410 e. The van der Waals surface area contributed by atoms with Gasteiger partial charge in [0.05, 0.1) is 0 Å². The number of nitrogens with one attached hydrogen (secondary N) is 1. The molecule has 118 valence electrons. The fraction of sp³-hybridized carbons (Fsp3) is 0.933. The van der Waals surface area contributed by atoms with Gasteiger partial charge in [0.15, 0.2) is 0 Å². The maximum absolute atomic E-state index is 12.0. The summed E-state index contributed by atoms with van der Waals surface area (Å²) >= 11 is 0.